The van der Waals surface area contributed by atoms with Crippen LogP contribution in [-0.4, -0.2) is 53.5 Å². The SMILES string of the molecule is Cc1cc(C)n(CCCN=C(N)N2CCOCC2)n1.I. The average molecular weight is 393 g/mol. The van der Waals surface area contributed by atoms with E-state index in [9.17, 15) is 0 Å². The van der Waals surface area contributed by atoms with E-state index in [1.54, 1.807) is 0 Å². The normalized spacial score (nSPS) is 16.1. The number of nitrogens with two attached hydrogens (primary N) is 1. The van der Waals surface area contributed by atoms with Crippen LogP contribution in [0.4, 0.5) is 0 Å². The lowest BCUT2D eigenvalue weighted by Crippen LogP contribution is -2.44. The van der Waals surface area contributed by atoms with E-state index in [2.05, 4.69) is 28.0 Å². The molecule has 1 aromatic rings. The second-order valence-corrected chi connectivity index (χ2v) is 4.84. The lowest BCUT2D eigenvalue weighted by atomic mass is 10.4. The smallest absolute Gasteiger partial charge is 0.191 e. The first kappa shape index (κ1) is 17.2. The Kier molecular flexibility index (Phi) is 7.28. The van der Waals surface area contributed by atoms with Gasteiger partial charge in [0.05, 0.1) is 18.9 Å². The molecule has 0 aliphatic carbocycles. The molecule has 2 N–H and O–H groups in total. The third-order valence-corrected chi connectivity index (χ3v) is 3.24. The van der Waals surface area contributed by atoms with Crippen molar-refractivity contribution >= 4 is 29.9 Å². The molecule has 2 rings (SSSR count). The van der Waals surface area contributed by atoms with Crippen LogP contribution in [0.25, 0.3) is 0 Å². The highest BCUT2D eigenvalue weighted by molar-refractivity contribution is 14.0. The van der Waals surface area contributed by atoms with Crippen LogP contribution in [0.5, 0.6) is 0 Å². The molecule has 0 aromatic carbocycles. The van der Waals surface area contributed by atoms with Gasteiger partial charge in [-0.25, -0.2) is 0 Å². The fourth-order valence-corrected chi connectivity index (χ4v) is 2.21. The molecule has 114 valence electrons. The standard InChI is InChI=1S/C13H23N5O.HI/c1-11-10-12(2)18(16-11)5-3-4-15-13(14)17-6-8-19-9-7-17;/h10H,3-9H2,1-2H3,(H2,14,15);1H. The maximum absolute atomic E-state index is 5.96. The summed E-state index contributed by atoms with van der Waals surface area (Å²) in [5.41, 5.74) is 8.22. The van der Waals surface area contributed by atoms with Crippen LogP contribution in [0.1, 0.15) is 17.8 Å². The summed E-state index contributed by atoms with van der Waals surface area (Å²) in [6, 6.07) is 2.09. The maximum Gasteiger partial charge on any atom is 0.191 e. The molecule has 0 radical (unpaired) electrons. The van der Waals surface area contributed by atoms with E-state index in [4.69, 9.17) is 10.5 Å². The predicted octanol–water partition coefficient (Wildman–Crippen LogP) is 1.15. The highest BCUT2D eigenvalue weighted by Crippen LogP contribution is 2.03. The van der Waals surface area contributed by atoms with E-state index in [-0.39, 0.29) is 24.0 Å². The van der Waals surface area contributed by atoms with Gasteiger partial charge in [-0.05, 0) is 26.3 Å². The highest BCUT2D eigenvalue weighted by atomic mass is 127. The number of rotatable bonds is 4. The Balaban J connectivity index is 0.00000200. The molecule has 1 fully saturated rings. The molecule has 0 amide bonds. The molecule has 7 heteroatoms. The van der Waals surface area contributed by atoms with Gasteiger partial charge in [0.2, 0.25) is 0 Å². The summed E-state index contributed by atoms with van der Waals surface area (Å²) in [7, 11) is 0. The lowest BCUT2D eigenvalue weighted by molar-refractivity contribution is 0.0674. The topological polar surface area (TPSA) is 68.7 Å². The van der Waals surface area contributed by atoms with Crippen molar-refractivity contribution < 1.29 is 4.74 Å². The average Bonchev–Trinajstić information content (AvgIpc) is 2.74. The zero-order valence-electron chi connectivity index (χ0n) is 12.2. The van der Waals surface area contributed by atoms with Crippen LogP contribution >= 0.6 is 24.0 Å². The Bertz CT molecular complexity index is 440. The summed E-state index contributed by atoms with van der Waals surface area (Å²) in [5.74, 6) is 0.636. The van der Waals surface area contributed by atoms with Gasteiger partial charge in [0.25, 0.3) is 0 Å². The molecule has 0 saturated carbocycles. The zero-order valence-corrected chi connectivity index (χ0v) is 14.5. The van der Waals surface area contributed by atoms with Crippen molar-refractivity contribution in [2.24, 2.45) is 10.7 Å². The van der Waals surface area contributed by atoms with Crippen LogP contribution in [0.2, 0.25) is 0 Å². The second-order valence-electron chi connectivity index (χ2n) is 4.84. The Labute approximate surface area is 137 Å². The largest absolute Gasteiger partial charge is 0.378 e. The molecular weight excluding hydrogens is 369 g/mol. The van der Waals surface area contributed by atoms with Crippen molar-refractivity contribution in [1.82, 2.24) is 14.7 Å². The third-order valence-electron chi connectivity index (χ3n) is 3.24. The molecule has 2 heterocycles. The predicted molar refractivity (Wildman–Crippen MR) is 90.6 cm³/mol. The summed E-state index contributed by atoms with van der Waals surface area (Å²) in [6.45, 7) is 8.87. The van der Waals surface area contributed by atoms with Crippen molar-refractivity contribution in [3.63, 3.8) is 0 Å². The van der Waals surface area contributed by atoms with Gasteiger partial charge >= 0.3 is 0 Å². The number of aliphatic imine (C=N–C) groups is 1. The van der Waals surface area contributed by atoms with Gasteiger partial charge in [0, 0.05) is 31.9 Å². The van der Waals surface area contributed by atoms with Gasteiger partial charge in [-0.3, -0.25) is 9.67 Å². The van der Waals surface area contributed by atoms with Gasteiger partial charge < -0.3 is 15.4 Å². The van der Waals surface area contributed by atoms with Crippen LogP contribution in [0.15, 0.2) is 11.1 Å². The lowest BCUT2D eigenvalue weighted by Gasteiger charge is -2.27. The third kappa shape index (κ3) is 4.93. The van der Waals surface area contributed by atoms with Crippen molar-refractivity contribution in [1.29, 1.82) is 0 Å². The molecular formula is C13H24IN5O. The molecule has 0 unspecified atom stereocenters. The summed E-state index contributed by atoms with van der Waals surface area (Å²) in [6.07, 6.45) is 0.951. The monoisotopic (exact) mass is 393 g/mol. The number of hydrogen-bond donors (Lipinski definition) is 1. The first-order chi connectivity index (χ1) is 9.16. The van der Waals surface area contributed by atoms with E-state index in [1.165, 1.54) is 5.69 Å². The number of nitrogens with zero attached hydrogens (tertiary/aromatic N) is 4. The van der Waals surface area contributed by atoms with E-state index >= 15 is 0 Å². The number of morpholine rings is 1. The van der Waals surface area contributed by atoms with E-state index in [0.29, 0.717) is 5.96 Å². The van der Waals surface area contributed by atoms with E-state index < -0.39 is 0 Å². The number of aryl methyl sites for hydroxylation is 3. The minimum absolute atomic E-state index is 0. The Morgan fingerprint density at radius 1 is 1.40 bits per heavy atom. The maximum atomic E-state index is 5.96. The fraction of sp³-hybridized carbons (Fsp3) is 0.692. The second kappa shape index (κ2) is 8.46. The van der Waals surface area contributed by atoms with Crippen molar-refractivity contribution in [2.45, 2.75) is 26.8 Å². The molecule has 0 spiro atoms. The Hall–Kier alpha value is -0.830. The minimum Gasteiger partial charge on any atom is -0.378 e. The molecule has 1 aromatic heterocycles. The summed E-state index contributed by atoms with van der Waals surface area (Å²) >= 11 is 0. The van der Waals surface area contributed by atoms with Crippen LogP contribution in [-0.2, 0) is 11.3 Å². The van der Waals surface area contributed by atoms with Crippen LogP contribution in [0, 0.1) is 13.8 Å². The fourth-order valence-electron chi connectivity index (χ4n) is 2.21. The molecule has 0 atom stereocenters. The van der Waals surface area contributed by atoms with Crippen LogP contribution < -0.4 is 5.73 Å². The Morgan fingerprint density at radius 3 is 2.70 bits per heavy atom. The molecule has 1 aliphatic rings. The first-order valence-electron chi connectivity index (χ1n) is 6.80. The highest BCUT2D eigenvalue weighted by Gasteiger charge is 2.11. The first-order valence-corrected chi connectivity index (χ1v) is 6.80. The summed E-state index contributed by atoms with van der Waals surface area (Å²) in [5, 5.41) is 4.43. The minimum atomic E-state index is 0. The van der Waals surface area contributed by atoms with Crippen LogP contribution in [0.3, 0.4) is 0 Å². The van der Waals surface area contributed by atoms with Crippen molar-refractivity contribution in [3.8, 4) is 0 Å². The number of aromatic nitrogens is 2. The van der Waals surface area contributed by atoms with Gasteiger partial charge in [0.15, 0.2) is 5.96 Å². The van der Waals surface area contributed by atoms with Gasteiger partial charge in [-0.15, -0.1) is 24.0 Å². The molecule has 1 aliphatic heterocycles. The van der Waals surface area contributed by atoms with Gasteiger partial charge in [-0.1, -0.05) is 0 Å². The number of halogens is 1. The number of ether oxygens (including phenoxy) is 1. The van der Waals surface area contributed by atoms with Gasteiger partial charge in [0.1, 0.15) is 0 Å². The van der Waals surface area contributed by atoms with Crippen molar-refractivity contribution in [3.05, 3.63) is 17.5 Å². The molecule has 1 saturated heterocycles. The summed E-state index contributed by atoms with van der Waals surface area (Å²) < 4.78 is 7.31. The molecule has 20 heavy (non-hydrogen) atoms. The van der Waals surface area contributed by atoms with Gasteiger partial charge in [-0.2, -0.15) is 5.10 Å². The van der Waals surface area contributed by atoms with E-state index in [0.717, 1.165) is 51.5 Å². The molecule has 6 nitrogen and oxygen atoms in total. The molecule has 0 bridgehead atoms. The Morgan fingerprint density at radius 2 is 2.10 bits per heavy atom. The quantitative estimate of drug-likeness (QED) is 0.361. The van der Waals surface area contributed by atoms with Crippen molar-refractivity contribution in [2.75, 3.05) is 32.8 Å². The number of hydrogen-bond acceptors (Lipinski definition) is 3. The summed E-state index contributed by atoms with van der Waals surface area (Å²) in [4.78, 5) is 6.50. The zero-order chi connectivity index (χ0) is 13.7. The van der Waals surface area contributed by atoms with E-state index in [1.807, 2.05) is 11.6 Å². The number of guanidine groups is 1.